The maximum Gasteiger partial charge on any atom is 0.424 e. The van der Waals surface area contributed by atoms with Crippen molar-refractivity contribution in [3.8, 4) is 0 Å². The summed E-state index contributed by atoms with van der Waals surface area (Å²) in [5, 5.41) is 2.24. The third-order valence-electron chi connectivity index (χ3n) is 6.16. The average molecular weight is 578 g/mol. The van der Waals surface area contributed by atoms with E-state index in [1.54, 1.807) is 41.5 Å². The molecule has 3 aromatic rings. The topological polar surface area (TPSA) is 90.9 Å². The van der Waals surface area contributed by atoms with Crippen LogP contribution in [0, 0.1) is 0 Å². The fourth-order valence-corrected chi connectivity index (χ4v) is 9.11. The highest BCUT2D eigenvalue weighted by Gasteiger charge is 2.50. The zero-order valence-electron chi connectivity index (χ0n) is 25.7. The zero-order chi connectivity index (χ0) is 30.5. The van der Waals surface area contributed by atoms with Gasteiger partial charge in [0.2, 0.25) is 0 Å². The van der Waals surface area contributed by atoms with Crippen molar-refractivity contribution < 1.29 is 23.5 Å². The summed E-state index contributed by atoms with van der Waals surface area (Å²) in [6.07, 6.45) is 1.58. The van der Waals surface area contributed by atoms with E-state index in [0.29, 0.717) is 18.9 Å². The first-order valence-electron chi connectivity index (χ1n) is 13.9. The molecule has 8 nitrogen and oxygen atoms in total. The van der Waals surface area contributed by atoms with Crippen LogP contribution in [0.25, 0.3) is 0 Å². The van der Waals surface area contributed by atoms with E-state index >= 15 is 0 Å². The predicted octanol–water partition coefficient (Wildman–Crippen LogP) is 6.27. The number of nitrogens with zero attached hydrogens (tertiary/aromatic N) is 3. The highest BCUT2D eigenvalue weighted by molar-refractivity contribution is 6.99. The Morgan fingerprint density at radius 1 is 0.707 bits per heavy atom. The molecule has 1 aromatic heterocycles. The Kier molecular flexibility index (Phi) is 9.76. The maximum absolute atomic E-state index is 12.9. The molecule has 0 saturated heterocycles. The first-order valence-corrected chi connectivity index (χ1v) is 15.8. The van der Waals surface area contributed by atoms with Gasteiger partial charge in [0.05, 0.1) is 18.1 Å². The van der Waals surface area contributed by atoms with Gasteiger partial charge in [0.1, 0.15) is 17.0 Å². The van der Waals surface area contributed by atoms with Gasteiger partial charge in [0, 0.05) is 13.0 Å². The summed E-state index contributed by atoms with van der Waals surface area (Å²) in [6, 6.07) is 20.9. The van der Waals surface area contributed by atoms with Crippen molar-refractivity contribution in [3.05, 3.63) is 78.9 Å². The molecule has 0 atom stereocenters. The Balaban J connectivity index is 1.86. The molecule has 220 valence electrons. The van der Waals surface area contributed by atoms with Crippen molar-refractivity contribution in [2.24, 2.45) is 0 Å². The number of aromatic nitrogens is 2. The molecule has 0 aliphatic carbocycles. The molecule has 2 amide bonds. The number of carbonyl (C=O) groups excluding carboxylic acids is 2. The molecule has 0 radical (unpaired) electrons. The molecule has 0 aliphatic heterocycles. The molecule has 0 spiro atoms. The number of hydrogen-bond acceptors (Lipinski definition) is 7. The first-order chi connectivity index (χ1) is 19.0. The van der Waals surface area contributed by atoms with E-state index in [9.17, 15) is 9.59 Å². The van der Waals surface area contributed by atoms with Gasteiger partial charge in [-0.05, 0) is 57.0 Å². The lowest BCUT2D eigenvalue weighted by Gasteiger charge is -2.43. The third-order valence-corrected chi connectivity index (χ3v) is 11.2. The van der Waals surface area contributed by atoms with Gasteiger partial charge in [-0.25, -0.2) is 19.6 Å². The van der Waals surface area contributed by atoms with Crippen molar-refractivity contribution in [2.45, 2.75) is 85.0 Å². The minimum Gasteiger partial charge on any atom is -0.443 e. The standard InChI is InChI=1S/C32H43N3O5Si/c1-30(2,3)39-28(36)35(29(37)40-31(4,5)6)24-22-33-27(34-23-24)20-21-38-41(32(7,8)9,25-16-12-10-13-17-25)26-18-14-11-15-19-26/h10-19,22-23H,20-21H2,1-9H3. The van der Waals surface area contributed by atoms with Crippen LogP contribution in [0.2, 0.25) is 5.04 Å². The van der Waals surface area contributed by atoms with E-state index in [0.717, 1.165) is 4.90 Å². The molecule has 41 heavy (non-hydrogen) atoms. The quantitative estimate of drug-likeness (QED) is 0.306. The number of anilines is 1. The van der Waals surface area contributed by atoms with Crippen LogP contribution in [0.4, 0.5) is 15.3 Å². The number of hydrogen-bond donors (Lipinski definition) is 0. The van der Waals surface area contributed by atoms with Crippen molar-refractivity contribution in [1.82, 2.24) is 9.97 Å². The van der Waals surface area contributed by atoms with Crippen molar-refractivity contribution >= 4 is 36.6 Å². The van der Waals surface area contributed by atoms with E-state index in [-0.39, 0.29) is 10.7 Å². The molecular weight excluding hydrogens is 534 g/mol. The molecule has 3 rings (SSSR count). The molecule has 0 fully saturated rings. The van der Waals surface area contributed by atoms with E-state index < -0.39 is 31.7 Å². The van der Waals surface area contributed by atoms with E-state index in [1.807, 2.05) is 12.1 Å². The van der Waals surface area contributed by atoms with Crippen LogP contribution in [0.3, 0.4) is 0 Å². The van der Waals surface area contributed by atoms with E-state index in [1.165, 1.54) is 22.8 Å². The monoisotopic (exact) mass is 577 g/mol. The van der Waals surface area contributed by atoms with Gasteiger partial charge < -0.3 is 13.9 Å². The van der Waals surface area contributed by atoms with E-state index in [2.05, 4.69) is 79.3 Å². The Morgan fingerprint density at radius 3 is 1.49 bits per heavy atom. The molecule has 0 saturated carbocycles. The number of rotatable bonds is 7. The Morgan fingerprint density at radius 2 is 1.12 bits per heavy atom. The second kappa shape index (κ2) is 12.5. The lowest BCUT2D eigenvalue weighted by molar-refractivity contribution is 0.0430. The number of imide groups is 1. The van der Waals surface area contributed by atoms with Crippen molar-refractivity contribution in [3.63, 3.8) is 0 Å². The largest absolute Gasteiger partial charge is 0.443 e. The van der Waals surface area contributed by atoms with Crippen molar-refractivity contribution in [2.75, 3.05) is 11.5 Å². The van der Waals surface area contributed by atoms with Crippen LogP contribution in [0.1, 0.15) is 68.1 Å². The van der Waals surface area contributed by atoms with Crippen LogP contribution in [-0.4, -0.2) is 48.3 Å². The highest BCUT2D eigenvalue weighted by atomic mass is 28.4. The summed E-state index contributed by atoms with van der Waals surface area (Å²) in [5.74, 6) is 0.528. The Labute approximate surface area is 245 Å². The van der Waals surface area contributed by atoms with Gasteiger partial charge in [0.15, 0.2) is 0 Å². The summed E-state index contributed by atoms with van der Waals surface area (Å²) >= 11 is 0. The molecule has 0 bridgehead atoms. The lowest BCUT2D eigenvalue weighted by Crippen LogP contribution is -2.66. The molecule has 0 aliphatic rings. The van der Waals surface area contributed by atoms with Gasteiger partial charge in [-0.3, -0.25) is 0 Å². The summed E-state index contributed by atoms with van der Waals surface area (Å²) < 4.78 is 17.8. The number of benzene rings is 2. The fraction of sp³-hybridized carbons (Fsp3) is 0.438. The Hall–Kier alpha value is -3.56. The minimum absolute atomic E-state index is 0.151. The summed E-state index contributed by atoms with van der Waals surface area (Å²) in [4.78, 5) is 35.6. The SMILES string of the molecule is CC(C)(C)OC(=O)N(C(=O)OC(C)(C)C)c1cnc(CCO[Si](c2ccccc2)(c2ccccc2)C(C)(C)C)nc1. The van der Waals surface area contributed by atoms with Crippen LogP contribution in [-0.2, 0) is 20.3 Å². The minimum atomic E-state index is -2.69. The highest BCUT2D eigenvalue weighted by Crippen LogP contribution is 2.36. The van der Waals surface area contributed by atoms with Crippen LogP contribution >= 0.6 is 0 Å². The molecule has 2 aromatic carbocycles. The number of amides is 2. The van der Waals surface area contributed by atoms with Crippen molar-refractivity contribution in [1.29, 1.82) is 0 Å². The third kappa shape index (κ3) is 8.24. The fourth-order valence-electron chi connectivity index (χ4n) is 4.55. The summed E-state index contributed by atoms with van der Waals surface area (Å²) in [5.41, 5.74) is -1.46. The molecule has 0 N–H and O–H groups in total. The van der Waals surface area contributed by atoms with Gasteiger partial charge in [-0.2, -0.15) is 4.90 Å². The second-order valence-corrected chi connectivity index (χ2v) is 17.2. The van der Waals surface area contributed by atoms with Crippen LogP contribution in [0.5, 0.6) is 0 Å². The van der Waals surface area contributed by atoms with Gasteiger partial charge in [-0.1, -0.05) is 81.4 Å². The van der Waals surface area contributed by atoms with Crippen LogP contribution < -0.4 is 15.3 Å². The van der Waals surface area contributed by atoms with Gasteiger partial charge in [0.25, 0.3) is 8.32 Å². The normalized spacial score (nSPS) is 12.5. The van der Waals surface area contributed by atoms with Gasteiger partial charge >= 0.3 is 12.2 Å². The summed E-state index contributed by atoms with van der Waals surface area (Å²) in [7, 11) is -2.69. The number of ether oxygens (including phenoxy) is 2. The predicted molar refractivity (Wildman–Crippen MR) is 164 cm³/mol. The van der Waals surface area contributed by atoms with Crippen LogP contribution in [0.15, 0.2) is 73.1 Å². The first kappa shape index (κ1) is 32.0. The molecule has 1 heterocycles. The smallest absolute Gasteiger partial charge is 0.424 e. The lowest BCUT2D eigenvalue weighted by atomic mass is 10.2. The van der Waals surface area contributed by atoms with E-state index in [4.69, 9.17) is 13.9 Å². The zero-order valence-corrected chi connectivity index (χ0v) is 26.7. The Bertz CT molecular complexity index is 1230. The molecule has 9 heteroatoms. The number of carbonyl (C=O) groups is 2. The molecular formula is C32H43N3O5Si. The average Bonchev–Trinajstić information content (AvgIpc) is 2.86. The maximum atomic E-state index is 12.9. The van der Waals surface area contributed by atoms with Gasteiger partial charge in [-0.15, -0.1) is 0 Å². The molecule has 0 unspecified atom stereocenters. The summed E-state index contributed by atoms with van der Waals surface area (Å²) in [6.45, 7) is 17.4. The second-order valence-electron chi connectivity index (χ2n) is 12.9.